The van der Waals surface area contributed by atoms with E-state index in [0.717, 1.165) is 16.8 Å². The monoisotopic (exact) mass is 294 g/mol. The molecular formula is C16H14N4O2. The molecule has 0 fully saturated rings. The number of aromatic nitrogens is 3. The normalized spacial score (nSPS) is 10.6. The molecule has 6 heteroatoms. The van der Waals surface area contributed by atoms with Crippen LogP contribution in [0.1, 0.15) is 11.1 Å². The van der Waals surface area contributed by atoms with E-state index in [2.05, 4.69) is 10.3 Å². The first-order valence-corrected chi connectivity index (χ1v) is 6.79. The van der Waals surface area contributed by atoms with Gasteiger partial charge in [-0.2, -0.15) is 0 Å². The molecule has 0 aliphatic heterocycles. The second kappa shape index (κ2) is 5.40. The topological polar surface area (TPSA) is 73.8 Å². The molecule has 1 heterocycles. The Morgan fingerprint density at radius 3 is 2.41 bits per heavy atom. The number of rotatable bonds is 3. The van der Waals surface area contributed by atoms with Gasteiger partial charge in [-0.05, 0) is 37.6 Å². The zero-order valence-corrected chi connectivity index (χ0v) is 12.2. The van der Waals surface area contributed by atoms with Crippen molar-refractivity contribution < 1.29 is 4.92 Å². The highest BCUT2D eigenvalue weighted by Crippen LogP contribution is 2.29. The molecule has 0 atom stereocenters. The van der Waals surface area contributed by atoms with Crippen LogP contribution in [0.4, 0.5) is 5.69 Å². The van der Waals surface area contributed by atoms with Crippen LogP contribution in [0.5, 0.6) is 0 Å². The van der Waals surface area contributed by atoms with Crippen LogP contribution in [0, 0.1) is 24.0 Å². The van der Waals surface area contributed by atoms with E-state index in [1.54, 1.807) is 23.0 Å². The number of nitrogens with zero attached hydrogens (tertiary/aromatic N) is 4. The van der Waals surface area contributed by atoms with Gasteiger partial charge in [0.15, 0.2) is 0 Å². The Kier molecular flexibility index (Phi) is 3.42. The molecule has 3 aromatic rings. The number of aryl methyl sites for hydroxylation is 2. The Labute approximate surface area is 127 Å². The van der Waals surface area contributed by atoms with Gasteiger partial charge in [-0.25, -0.2) is 4.68 Å². The molecule has 0 N–H and O–H groups in total. The first kappa shape index (κ1) is 13.9. The fourth-order valence-electron chi connectivity index (χ4n) is 2.22. The van der Waals surface area contributed by atoms with Crippen LogP contribution in [0.25, 0.3) is 16.9 Å². The first-order chi connectivity index (χ1) is 10.5. The van der Waals surface area contributed by atoms with Crippen molar-refractivity contribution in [3.8, 4) is 16.9 Å². The van der Waals surface area contributed by atoms with Gasteiger partial charge in [-0.3, -0.25) is 10.1 Å². The lowest BCUT2D eigenvalue weighted by atomic mass is 10.1. The van der Waals surface area contributed by atoms with Crippen molar-refractivity contribution in [3.05, 3.63) is 69.9 Å². The standard InChI is InChI=1S/C16H14N4O2/c1-11-3-6-13(7-4-11)19-10-15(17-18-19)14-8-5-12(2)9-16(14)20(21)22/h3-10H,1-2H3. The number of hydrogen-bond acceptors (Lipinski definition) is 4. The summed E-state index contributed by atoms with van der Waals surface area (Å²) < 4.78 is 1.61. The lowest BCUT2D eigenvalue weighted by Gasteiger charge is -2.01. The molecule has 0 unspecified atom stereocenters. The predicted octanol–water partition coefficient (Wildman–Crippen LogP) is 3.46. The SMILES string of the molecule is Cc1ccc(-n2cc(-c3ccc(C)cc3[N+](=O)[O-])nn2)cc1. The molecule has 3 rings (SSSR count). The van der Waals surface area contributed by atoms with Crippen molar-refractivity contribution in [3.63, 3.8) is 0 Å². The van der Waals surface area contributed by atoms with Gasteiger partial charge in [0.1, 0.15) is 5.69 Å². The molecule has 0 radical (unpaired) electrons. The van der Waals surface area contributed by atoms with Gasteiger partial charge in [0.25, 0.3) is 5.69 Å². The van der Waals surface area contributed by atoms with Gasteiger partial charge in [0.2, 0.25) is 0 Å². The second-order valence-electron chi connectivity index (χ2n) is 5.16. The van der Waals surface area contributed by atoms with E-state index >= 15 is 0 Å². The van der Waals surface area contributed by atoms with Crippen LogP contribution in [0.15, 0.2) is 48.7 Å². The third-order valence-corrected chi connectivity index (χ3v) is 3.42. The van der Waals surface area contributed by atoms with Gasteiger partial charge in [-0.15, -0.1) is 5.10 Å². The van der Waals surface area contributed by atoms with Crippen LogP contribution in [-0.4, -0.2) is 19.9 Å². The lowest BCUT2D eigenvalue weighted by molar-refractivity contribution is -0.384. The van der Waals surface area contributed by atoms with Gasteiger partial charge in [-0.1, -0.05) is 29.0 Å². The van der Waals surface area contributed by atoms with Crippen LogP contribution in [0.2, 0.25) is 0 Å². The molecule has 0 aliphatic rings. The van der Waals surface area contributed by atoms with Crippen molar-refractivity contribution in [2.24, 2.45) is 0 Å². The third kappa shape index (κ3) is 2.58. The van der Waals surface area contributed by atoms with Crippen LogP contribution in [-0.2, 0) is 0 Å². The zero-order chi connectivity index (χ0) is 15.7. The van der Waals surface area contributed by atoms with Crippen LogP contribution in [0.3, 0.4) is 0 Å². The maximum absolute atomic E-state index is 11.2. The molecule has 0 bridgehead atoms. The van der Waals surface area contributed by atoms with E-state index in [0.29, 0.717) is 11.3 Å². The molecule has 110 valence electrons. The van der Waals surface area contributed by atoms with Gasteiger partial charge < -0.3 is 0 Å². The number of nitro benzene ring substituents is 1. The number of benzene rings is 2. The van der Waals surface area contributed by atoms with E-state index in [4.69, 9.17) is 0 Å². The highest BCUT2D eigenvalue weighted by molar-refractivity contribution is 5.70. The Balaban J connectivity index is 2.04. The molecule has 0 amide bonds. The molecule has 22 heavy (non-hydrogen) atoms. The molecule has 0 saturated heterocycles. The van der Waals surface area contributed by atoms with Crippen molar-refractivity contribution >= 4 is 5.69 Å². The van der Waals surface area contributed by atoms with Crippen molar-refractivity contribution in [2.45, 2.75) is 13.8 Å². The highest BCUT2D eigenvalue weighted by atomic mass is 16.6. The van der Waals surface area contributed by atoms with Crippen molar-refractivity contribution in [1.82, 2.24) is 15.0 Å². The summed E-state index contributed by atoms with van der Waals surface area (Å²) in [6.07, 6.45) is 1.70. The maximum Gasteiger partial charge on any atom is 0.279 e. The Hall–Kier alpha value is -3.02. The first-order valence-electron chi connectivity index (χ1n) is 6.79. The Bertz CT molecular complexity index is 838. The molecule has 0 saturated carbocycles. The summed E-state index contributed by atoms with van der Waals surface area (Å²) in [5, 5.41) is 19.3. The summed E-state index contributed by atoms with van der Waals surface area (Å²) in [5.74, 6) is 0. The molecule has 6 nitrogen and oxygen atoms in total. The van der Waals surface area contributed by atoms with E-state index in [-0.39, 0.29) is 5.69 Å². The molecular weight excluding hydrogens is 280 g/mol. The number of hydrogen-bond donors (Lipinski definition) is 0. The minimum atomic E-state index is -0.396. The highest BCUT2D eigenvalue weighted by Gasteiger charge is 2.18. The van der Waals surface area contributed by atoms with E-state index in [9.17, 15) is 10.1 Å². The second-order valence-corrected chi connectivity index (χ2v) is 5.16. The molecule has 1 aromatic heterocycles. The van der Waals surface area contributed by atoms with E-state index in [1.165, 1.54) is 0 Å². The van der Waals surface area contributed by atoms with Crippen molar-refractivity contribution in [1.29, 1.82) is 0 Å². The fraction of sp³-hybridized carbons (Fsp3) is 0.125. The zero-order valence-electron chi connectivity index (χ0n) is 12.2. The summed E-state index contributed by atoms with van der Waals surface area (Å²) in [4.78, 5) is 10.8. The minimum absolute atomic E-state index is 0.0379. The van der Waals surface area contributed by atoms with Gasteiger partial charge in [0.05, 0.1) is 22.4 Å². The predicted molar refractivity (Wildman–Crippen MR) is 82.9 cm³/mol. The summed E-state index contributed by atoms with van der Waals surface area (Å²) in [6.45, 7) is 3.83. The Morgan fingerprint density at radius 1 is 1.05 bits per heavy atom. The molecule has 2 aromatic carbocycles. The largest absolute Gasteiger partial charge is 0.279 e. The average Bonchev–Trinajstić information content (AvgIpc) is 2.97. The summed E-state index contributed by atoms with van der Waals surface area (Å²) in [5.41, 5.74) is 3.83. The van der Waals surface area contributed by atoms with Gasteiger partial charge in [0, 0.05) is 6.07 Å². The quantitative estimate of drug-likeness (QED) is 0.547. The summed E-state index contributed by atoms with van der Waals surface area (Å²) in [7, 11) is 0. The average molecular weight is 294 g/mol. The van der Waals surface area contributed by atoms with Crippen LogP contribution >= 0.6 is 0 Å². The maximum atomic E-state index is 11.2. The van der Waals surface area contributed by atoms with E-state index in [1.807, 2.05) is 44.2 Å². The summed E-state index contributed by atoms with van der Waals surface area (Å²) in [6, 6.07) is 12.9. The Morgan fingerprint density at radius 2 is 1.73 bits per heavy atom. The van der Waals surface area contributed by atoms with E-state index < -0.39 is 4.92 Å². The van der Waals surface area contributed by atoms with Crippen LogP contribution < -0.4 is 0 Å². The van der Waals surface area contributed by atoms with Crippen molar-refractivity contribution in [2.75, 3.05) is 0 Å². The number of nitro groups is 1. The molecule has 0 spiro atoms. The minimum Gasteiger partial charge on any atom is -0.258 e. The summed E-state index contributed by atoms with van der Waals surface area (Å²) >= 11 is 0. The smallest absolute Gasteiger partial charge is 0.258 e. The van der Waals surface area contributed by atoms with Gasteiger partial charge >= 0.3 is 0 Å². The third-order valence-electron chi connectivity index (χ3n) is 3.42. The fourth-order valence-corrected chi connectivity index (χ4v) is 2.22. The molecule has 0 aliphatic carbocycles. The lowest BCUT2D eigenvalue weighted by Crippen LogP contribution is -1.94.